The van der Waals surface area contributed by atoms with Gasteiger partial charge >= 0.3 is 0 Å². The van der Waals surface area contributed by atoms with Crippen LogP contribution in [-0.4, -0.2) is 16.9 Å². The first kappa shape index (κ1) is 13.9. The third-order valence-electron chi connectivity index (χ3n) is 2.71. The number of halogens is 1. The van der Waals surface area contributed by atoms with E-state index in [-0.39, 0.29) is 0 Å². The molecule has 1 aromatic carbocycles. The van der Waals surface area contributed by atoms with E-state index >= 15 is 0 Å². The van der Waals surface area contributed by atoms with E-state index in [0.29, 0.717) is 12.6 Å². The van der Waals surface area contributed by atoms with Gasteiger partial charge in [-0.15, -0.1) is 0 Å². The fraction of sp³-hybridized carbons (Fsp3) is 0.357. The molecular weight excluding hydrogens is 308 g/mol. The van der Waals surface area contributed by atoms with Gasteiger partial charge in [-0.3, -0.25) is 4.68 Å². The number of nitrogens with zero attached hydrogens (tertiary/aromatic N) is 2. The molecule has 5 heteroatoms. The molecular formula is C14H17BrN2O2. The first-order valence-electron chi connectivity index (χ1n) is 6.10. The minimum absolute atomic E-state index is 0.362. The first-order chi connectivity index (χ1) is 9.10. The summed E-state index contributed by atoms with van der Waals surface area (Å²) in [5.74, 6) is 1.57. The Balaban J connectivity index is 2.01. The average Bonchev–Trinajstić information content (AvgIpc) is 2.86. The predicted molar refractivity (Wildman–Crippen MR) is 77.6 cm³/mol. The van der Waals surface area contributed by atoms with Crippen molar-refractivity contribution in [3.8, 4) is 11.5 Å². The topological polar surface area (TPSA) is 36.3 Å². The van der Waals surface area contributed by atoms with Crippen molar-refractivity contribution < 1.29 is 9.47 Å². The molecule has 0 fully saturated rings. The lowest BCUT2D eigenvalue weighted by Crippen LogP contribution is -2.03. The van der Waals surface area contributed by atoms with Crippen molar-refractivity contribution in [3.05, 3.63) is 40.6 Å². The quantitative estimate of drug-likeness (QED) is 0.839. The maximum absolute atomic E-state index is 5.74. The molecule has 0 spiro atoms. The minimum atomic E-state index is 0.362. The maximum Gasteiger partial charge on any atom is 0.134 e. The van der Waals surface area contributed by atoms with Crippen molar-refractivity contribution in [3.63, 3.8) is 0 Å². The third-order valence-corrected chi connectivity index (χ3v) is 3.33. The molecule has 2 aromatic rings. The van der Waals surface area contributed by atoms with Crippen LogP contribution < -0.4 is 9.47 Å². The summed E-state index contributed by atoms with van der Waals surface area (Å²) >= 11 is 3.46. The van der Waals surface area contributed by atoms with Crippen LogP contribution in [0.15, 0.2) is 34.9 Å². The summed E-state index contributed by atoms with van der Waals surface area (Å²) in [6.07, 6.45) is 1.96. The highest BCUT2D eigenvalue weighted by Gasteiger charge is 2.06. The molecule has 0 saturated carbocycles. The monoisotopic (exact) mass is 324 g/mol. The van der Waals surface area contributed by atoms with Gasteiger partial charge in [0.2, 0.25) is 0 Å². The first-order valence-corrected chi connectivity index (χ1v) is 6.90. The molecule has 2 rings (SSSR count). The predicted octanol–water partition coefficient (Wildman–Crippen LogP) is 3.81. The molecule has 0 amide bonds. The van der Waals surface area contributed by atoms with Crippen LogP contribution in [0, 0.1) is 0 Å². The zero-order chi connectivity index (χ0) is 13.8. The van der Waals surface area contributed by atoms with E-state index in [2.05, 4.69) is 34.9 Å². The van der Waals surface area contributed by atoms with Crippen LogP contribution in [0.2, 0.25) is 0 Å². The van der Waals surface area contributed by atoms with Gasteiger partial charge in [0.15, 0.2) is 0 Å². The van der Waals surface area contributed by atoms with Gasteiger partial charge in [-0.1, -0.05) is 0 Å². The molecule has 19 heavy (non-hydrogen) atoms. The molecule has 0 aliphatic heterocycles. The lowest BCUT2D eigenvalue weighted by molar-refractivity contribution is 0.296. The molecule has 0 aliphatic rings. The number of ether oxygens (including phenoxy) is 2. The Morgan fingerprint density at radius 3 is 2.68 bits per heavy atom. The molecule has 4 nitrogen and oxygen atoms in total. The van der Waals surface area contributed by atoms with Gasteiger partial charge in [-0.05, 0) is 54.0 Å². The van der Waals surface area contributed by atoms with Gasteiger partial charge in [0, 0.05) is 12.2 Å². The largest absolute Gasteiger partial charge is 0.497 e. The molecule has 0 bridgehead atoms. The molecule has 0 saturated heterocycles. The Hall–Kier alpha value is -1.49. The van der Waals surface area contributed by atoms with Crippen molar-refractivity contribution in [2.75, 3.05) is 7.11 Å². The van der Waals surface area contributed by atoms with Crippen molar-refractivity contribution in [1.82, 2.24) is 9.78 Å². The van der Waals surface area contributed by atoms with Crippen LogP contribution >= 0.6 is 15.9 Å². The lowest BCUT2D eigenvalue weighted by Gasteiger charge is -2.08. The summed E-state index contributed by atoms with van der Waals surface area (Å²) in [7, 11) is 1.64. The summed E-state index contributed by atoms with van der Waals surface area (Å²) in [4.78, 5) is 0. The van der Waals surface area contributed by atoms with E-state index in [1.165, 1.54) is 0 Å². The van der Waals surface area contributed by atoms with E-state index in [4.69, 9.17) is 9.47 Å². The second-order valence-electron chi connectivity index (χ2n) is 4.47. The number of methoxy groups -OCH3 is 1. The second kappa shape index (κ2) is 6.10. The van der Waals surface area contributed by atoms with Crippen LogP contribution in [0.5, 0.6) is 11.5 Å². The summed E-state index contributed by atoms with van der Waals surface area (Å²) < 4.78 is 13.7. The van der Waals surface area contributed by atoms with E-state index in [9.17, 15) is 0 Å². The van der Waals surface area contributed by atoms with Gasteiger partial charge in [0.05, 0.1) is 17.3 Å². The number of hydrogen-bond acceptors (Lipinski definition) is 3. The van der Waals surface area contributed by atoms with Crippen molar-refractivity contribution in [2.24, 2.45) is 0 Å². The van der Waals surface area contributed by atoms with Crippen LogP contribution in [0.1, 0.15) is 25.6 Å². The van der Waals surface area contributed by atoms with Gasteiger partial charge in [-0.25, -0.2) is 0 Å². The highest BCUT2D eigenvalue weighted by Crippen LogP contribution is 2.29. The van der Waals surface area contributed by atoms with E-state index in [1.807, 2.05) is 35.1 Å². The fourth-order valence-corrected chi connectivity index (χ4v) is 2.09. The van der Waals surface area contributed by atoms with E-state index in [1.54, 1.807) is 7.11 Å². The molecule has 0 N–H and O–H groups in total. The highest BCUT2D eigenvalue weighted by molar-refractivity contribution is 9.10. The second-order valence-corrected chi connectivity index (χ2v) is 5.32. The Labute approximate surface area is 121 Å². The Morgan fingerprint density at radius 2 is 2.11 bits per heavy atom. The van der Waals surface area contributed by atoms with Crippen LogP contribution in [0.3, 0.4) is 0 Å². The van der Waals surface area contributed by atoms with Crippen LogP contribution in [0.25, 0.3) is 0 Å². The number of rotatable bonds is 5. The summed E-state index contributed by atoms with van der Waals surface area (Å²) in [5.41, 5.74) is 0.913. The van der Waals surface area contributed by atoms with Gasteiger partial charge in [-0.2, -0.15) is 5.10 Å². The van der Waals surface area contributed by atoms with Crippen molar-refractivity contribution in [2.45, 2.75) is 26.5 Å². The SMILES string of the molecule is COc1ccc(OCc2ccn(C(C)C)n2)c(Br)c1. The molecule has 102 valence electrons. The normalized spacial score (nSPS) is 10.8. The molecule has 1 heterocycles. The molecule has 0 radical (unpaired) electrons. The minimum Gasteiger partial charge on any atom is -0.497 e. The number of aromatic nitrogens is 2. The lowest BCUT2D eigenvalue weighted by atomic mass is 10.3. The number of hydrogen-bond donors (Lipinski definition) is 0. The Morgan fingerprint density at radius 1 is 1.32 bits per heavy atom. The zero-order valence-corrected chi connectivity index (χ0v) is 12.8. The van der Waals surface area contributed by atoms with Gasteiger partial charge in [0.1, 0.15) is 18.1 Å². The van der Waals surface area contributed by atoms with Crippen LogP contribution in [-0.2, 0) is 6.61 Å². The standard InChI is InChI=1S/C14H17BrN2O2/c1-10(2)17-7-6-11(16-17)9-19-14-5-4-12(18-3)8-13(14)15/h4-8,10H,9H2,1-3H3. The summed E-state index contributed by atoms with van der Waals surface area (Å²) in [5, 5.41) is 4.44. The smallest absolute Gasteiger partial charge is 0.134 e. The summed E-state index contributed by atoms with van der Waals surface area (Å²) in [6.45, 7) is 4.64. The zero-order valence-electron chi connectivity index (χ0n) is 11.3. The molecule has 0 aliphatic carbocycles. The summed E-state index contributed by atoms with van der Waals surface area (Å²) in [6, 6.07) is 7.95. The van der Waals surface area contributed by atoms with Gasteiger partial charge in [0.25, 0.3) is 0 Å². The number of benzene rings is 1. The molecule has 0 atom stereocenters. The molecule has 1 aromatic heterocycles. The van der Waals surface area contributed by atoms with E-state index in [0.717, 1.165) is 21.7 Å². The Bertz CT molecular complexity index is 552. The van der Waals surface area contributed by atoms with Crippen molar-refractivity contribution >= 4 is 15.9 Å². The van der Waals surface area contributed by atoms with Crippen LogP contribution in [0.4, 0.5) is 0 Å². The Kier molecular flexibility index (Phi) is 4.47. The maximum atomic E-state index is 5.74. The highest BCUT2D eigenvalue weighted by atomic mass is 79.9. The third kappa shape index (κ3) is 3.50. The van der Waals surface area contributed by atoms with Gasteiger partial charge < -0.3 is 9.47 Å². The van der Waals surface area contributed by atoms with E-state index < -0.39 is 0 Å². The van der Waals surface area contributed by atoms with Crippen molar-refractivity contribution in [1.29, 1.82) is 0 Å². The average molecular weight is 325 g/mol. The molecule has 0 unspecified atom stereocenters. The fourth-order valence-electron chi connectivity index (χ4n) is 1.62.